The quantitative estimate of drug-likeness (QED) is 0.810. The molecule has 0 aliphatic heterocycles. The van der Waals surface area contributed by atoms with Crippen LogP contribution in [0.4, 0.5) is 16.2 Å². The number of esters is 1. The van der Waals surface area contributed by atoms with Gasteiger partial charge in [0.25, 0.3) is 0 Å². The van der Waals surface area contributed by atoms with Crippen LogP contribution < -0.4 is 10.6 Å². The van der Waals surface area contributed by atoms with Crippen molar-refractivity contribution in [3.8, 4) is 0 Å². The number of para-hydroxylation sites is 1. The molecule has 0 heterocycles. The number of ether oxygens (including phenoxy) is 1. The Labute approximate surface area is 142 Å². The van der Waals surface area contributed by atoms with Gasteiger partial charge in [0, 0.05) is 11.4 Å². The molecule has 0 radical (unpaired) electrons. The van der Waals surface area contributed by atoms with Gasteiger partial charge in [0.15, 0.2) is 0 Å². The largest absolute Gasteiger partial charge is 0.465 e. The van der Waals surface area contributed by atoms with Crippen molar-refractivity contribution >= 4 is 23.4 Å². The summed E-state index contributed by atoms with van der Waals surface area (Å²) in [4.78, 5) is 23.7. The maximum absolute atomic E-state index is 12.3. The first kappa shape index (κ1) is 17.5. The van der Waals surface area contributed by atoms with Crippen molar-refractivity contribution in [3.05, 3.63) is 59.2 Å². The summed E-state index contributed by atoms with van der Waals surface area (Å²) < 4.78 is 4.65. The second-order valence-electron chi connectivity index (χ2n) is 5.84. The number of amides is 2. The number of rotatable bonds is 4. The van der Waals surface area contributed by atoms with Gasteiger partial charge < -0.3 is 15.4 Å². The van der Waals surface area contributed by atoms with Gasteiger partial charge >= 0.3 is 12.0 Å². The molecule has 0 aliphatic carbocycles. The molecule has 24 heavy (non-hydrogen) atoms. The molecular formula is C19H22N2O3. The fourth-order valence-corrected chi connectivity index (χ4v) is 2.43. The maximum atomic E-state index is 12.3. The average molecular weight is 326 g/mol. The number of carbonyl (C=O) groups is 2. The highest BCUT2D eigenvalue weighted by molar-refractivity contribution is 6.01. The van der Waals surface area contributed by atoms with Crippen molar-refractivity contribution in [2.45, 2.75) is 26.7 Å². The van der Waals surface area contributed by atoms with Crippen molar-refractivity contribution in [1.29, 1.82) is 0 Å². The van der Waals surface area contributed by atoms with E-state index < -0.39 is 5.97 Å². The van der Waals surface area contributed by atoms with Gasteiger partial charge in [-0.2, -0.15) is 0 Å². The number of aryl methyl sites for hydroxylation is 1. The first-order chi connectivity index (χ1) is 11.4. The number of hydrogen-bond donors (Lipinski definition) is 2. The van der Waals surface area contributed by atoms with Crippen LogP contribution in [-0.2, 0) is 4.74 Å². The number of carbonyl (C=O) groups excluding carboxylic acids is 2. The molecule has 5 nitrogen and oxygen atoms in total. The number of urea groups is 1. The number of nitrogens with one attached hydrogen (secondary N) is 2. The zero-order valence-electron chi connectivity index (χ0n) is 14.3. The van der Waals surface area contributed by atoms with E-state index in [0.717, 1.165) is 16.8 Å². The van der Waals surface area contributed by atoms with Crippen LogP contribution in [0.15, 0.2) is 42.5 Å². The molecule has 0 bridgehead atoms. The minimum absolute atomic E-state index is 0.305. The molecule has 0 saturated carbocycles. The van der Waals surface area contributed by atoms with E-state index in [1.807, 2.05) is 25.1 Å². The van der Waals surface area contributed by atoms with E-state index in [1.54, 1.807) is 24.3 Å². The minimum atomic E-state index is -0.410. The van der Waals surface area contributed by atoms with Gasteiger partial charge in [-0.05, 0) is 48.2 Å². The summed E-state index contributed by atoms with van der Waals surface area (Å²) in [7, 11) is 1.33. The SMILES string of the molecule is COC(=O)c1ccc(NC(=O)Nc2c(C)cccc2C(C)C)cc1. The molecule has 2 aromatic carbocycles. The Kier molecular flexibility index (Phi) is 5.58. The maximum Gasteiger partial charge on any atom is 0.337 e. The van der Waals surface area contributed by atoms with Crippen LogP contribution >= 0.6 is 0 Å². The smallest absolute Gasteiger partial charge is 0.337 e. The summed E-state index contributed by atoms with van der Waals surface area (Å²) in [6.07, 6.45) is 0. The topological polar surface area (TPSA) is 67.4 Å². The highest BCUT2D eigenvalue weighted by Crippen LogP contribution is 2.27. The summed E-state index contributed by atoms with van der Waals surface area (Å²) in [5.41, 5.74) is 3.96. The zero-order chi connectivity index (χ0) is 17.7. The third-order valence-electron chi connectivity index (χ3n) is 3.73. The Morgan fingerprint density at radius 3 is 2.25 bits per heavy atom. The van der Waals surface area contributed by atoms with Crippen molar-refractivity contribution in [2.75, 3.05) is 17.7 Å². The summed E-state index contributed by atoms with van der Waals surface area (Å²) in [5, 5.41) is 5.68. The first-order valence-electron chi connectivity index (χ1n) is 7.78. The Bertz CT molecular complexity index is 737. The summed E-state index contributed by atoms with van der Waals surface area (Å²) in [6, 6.07) is 12.2. The van der Waals surface area contributed by atoms with Crippen LogP contribution in [0.5, 0.6) is 0 Å². The second kappa shape index (κ2) is 7.64. The predicted octanol–water partition coefficient (Wildman–Crippen LogP) is 4.55. The summed E-state index contributed by atoms with van der Waals surface area (Å²) in [5.74, 6) is -0.105. The van der Waals surface area contributed by atoms with E-state index >= 15 is 0 Å². The number of benzene rings is 2. The van der Waals surface area contributed by atoms with Crippen LogP contribution in [0.2, 0.25) is 0 Å². The molecule has 0 fully saturated rings. The third kappa shape index (κ3) is 4.13. The fraction of sp³-hybridized carbons (Fsp3) is 0.263. The Morgan fingerprint density at radius 1 is 1.00 bits per heavy atom. The lowest BCUT2D eigenvalue weighted by Gasteiger charge is -2.17. The Hall–Kier alpha value is -2.82. The van der Waals surface area contributed by atoms with Crippen LogP contribution in [0.3, 0.4) is 0 Å². The molecular weight excluding hydrogens is 304 g/mol. The lowest BCUT2D eigenvalue weighted by Crippen LogP contribution is -2.21. The molecule has 2 amide bonds. The van der Waals surface area contributed by atoms with Gasteiger partial charge in [-0.1, -0.05) is 32.0 Å². The molecule has 0 aromatic heterocycles. The highest BCUT2D eigenvalue weighted by atomic mass is 16.5. The van der Waals surface area contributed by atoms with E-state index in [-0.39, 0.29) is 6.03 Å². The van der Waals surface area contributed by atoms with E-state index in [0.29, 0.717) is 17.2 Å². The lowest BCUT2D eigenvalue weighted by atomic mass is 9.98. The van der Waals surface area contributed by atoms with Gasteiger partial charge in [-0.15, -0.1) is 0 Å². The van der Waals surface area contributed by atoms with E-state index in [4.69, 9.17) is 0 Å². The lowest BCUT2D eigenvalue weighted by molar-refractivity contribution is 0.0601. The molecule has 2 aromatic rings. The van der Waals surface area contributed by atoms with Crippen molar-refractivity contribution < 1.29 is 14.3 Å². The number of anilines is 2. The van der Waals surface area contributed by atoms with Crippen LogP contribution in [0.25, 0.3) is 0 Å². The molecule has 0 saturated heterocycles. The van der Waals surface area contributed by atoms with Gasteiger partial charge in [-0.3, -0.25) is 0 Å². The van der Waals surface area contributed by atoms with Crippen LogP contribution in [-0.4, -0.2) is 19.1 Å². The molecule has 5 heteroatoms. The summed E-state index contributed by atoms with van der Waals surface area (Å²) >= 11 is 0. The molecule has 0 spiro atoms. The van der Waals surface area contributed by atoms with E-state index in [1.165, 1.54) is 7.11 Å². The van der Waals surface area contributed by atoms with Crippen molar-refractivity contribution in [2.24, 2.45) is 0 Å². The second-order valence-corrected chi connectivity index (χ2v) is 5.84. The van der Waals surface area contributed by atoms with Crippen molar-refractivity contribution in [1.82, 2.24) is 0 Å². The molecule has 0 atom stereocenters. The summed E-state index contributed by atoms with van der Waals surface area (Å²) in [6.45, 7) is 6.14. The highest BCUT2D eigenvalue weighted by Gasteiger charge is 2.12. The first-order valence-corrected chi connectivity index (χ1v) is 7.78. The monoisotopic (exact) mass is 326 g/mol. The molecule has 2 N–H and O–H groups in total. The molecule has 0 unspecified atom stereocenters. The standard InChI is InChI=1S/C19H22N2O3/c1-12(2)16-7-5-6-13(3)17(16)21-19(23)20-15-10-8-14(9-11-15)18(22)24-4/h5-12H,1-4H3,(H2,20,21,23). The van der Waals surface area contributed by atoms with E-state index in [2.05, 4.69) is 29.2 Å². The minimum Gasteiger partial charge on any atom is -0.465 e. The van der Waals surface area contributed by atoms with Gasteiger partial charge in [0.1, 0.15) is 0 Å². The number of methoxy groups -OCH3 is 1. The van der Waals surface area contributed by atoms with Crippen LogP contribution in [0, 0.1) is 6.92 Å². The van der Waals surface area contributed by atoms with Crippen LogP contribution in [0.1, 0.15) is 41.3 Å². The van der Waals surface area contributed by atoms with Gasteiger partial charge in [-0.25, -0.2) is 9.59 Å². The predicted molar refractivity (Wildman–Crippen MR) is 95.7 cm³/mol. The average Bonchev–Trinajstić information content (AvgIpc) is 2.56. The van der Waals surface area contributed by atoms with Gasteiger partial charge in [0.05, 0.1) is 12.7 Å². The molecule has 2 rings (SSSR count). The Balaban J connectivity index is 2.10. The van der Waals surface area contributed by atoms with Crippen molar-refractivity contribution in [3.63, 3.8) is 0 Å². The number of hydrogen-bond acceptors (Lipinski definition) is 3. The third-order valence-corrected chi connectivity index (χ3v) is 3.73. The van der Waals surface area contributed by atoms with Gasteiger partial charge in [0.2, 0.25) is 0 Å². The molecule has 126 valence electrons. The molecule has 0 aliphatic rings. The zero-order valence-corrected chi connectivity index (χ0v) is 14.3. The van der Waals surface area contributed by atoms with E-state index in [9.17, 15) is 9.59 Å². The Morgan fingerprint density at radius 2 is 1.67 bits per heavy atom. The fourth-order valence-electron chi connectivity index (χ4n) is 2.43. The normalized spacial score (nSPS) is 10.4.